The molecule has 1 aromatic carbocycles. The van der Waals surface area contributed by atoms with E-state index in [-0.39, 0.29) is 17.7 Å². The average molecular weight is 525 g/mol. The van der Waals surface area contributed by atoms with Crippen LogP contribution in [0.4, 0.5) is 0 Å². The molecule has 2 amide bonds. The van der Waals surface area contributed by atoms with E-state index in [0.717, 1.165) is 29.7 Å². The number of aryl methyl sites for hydroxylation is 1. The van der Waals surface area contributed by atoms with Gasteiger partial charge in [-0.25, -0.2) is 0 Å². The number of hydrogen-bond acceptors (Lipinski definition) is 6. The smallest absolute Gasteiger partial charge is 0.248 e. The molecule has 0 aliphatic carbocycles. The third kappa shape index (κ3) is 5.78. The number of hydrogen-bond donors (Lipinski definition) is 2. The molecular weight excluding hydrogens is 484 g/mol. The second-order valence-corrected chi connectivity index (χ2v) is 10.9. The predicted molar refractivity (Wildman–Crippen MR) is 143 cm³/mol. The van der Waals surface area contributed by atoms with Gasteiger partial charge in [0.1, 0.15) is 17.3 Å². The van der Waals surface area contributed by atoms with Gasteiger partial charge in [-0.05, 0) is 48.9 Å². The second kappa shape index (κ2) is 11.7. The Kier molecular flexibility index (Phi) is 8.57. The molecule has 2 N–H and O–H groups in total. The third-order valence-corrected chi connectivity index (χ3v) is 7.85. The van der Waals surface area contributed by atoms with Gasteiger partial charge in [0, 0.05) is 39.2 Å². The largest absolute Gasteiger partial charge is 0.618 e. The van der Waals surface area contributed by atoms with Gasteiger partial charge in [0.2, 0.25) is 18.0 Å². The van der Waals surface area contributed by atoms with Gasteiger partial charge in [0.15, 0.2) is 11.4 Å². The Morgan fingerprint density at radius 1 is 1.13 bits per heavy atom. The molecule has 2 atom stereocenters. The summed E-state index contributed by atoms with van der Waals surface area (Å²) in [5.74, 6) is 0.687. The Hall–Kier alpha value is -3.17. The summed E-state index contributed by atoms with van der Waals surface area (Å²) in [6.45, 7) is 10.1. The van der Waals surface area contributed by atoms with Crippen molar-refractivity contribution in [3.63, 3.8) is 0 Å². The van der Waals surface area contributed by atoms with Crippen LogP contribution in [-0.2, 0) is 16.1 Å². The van der Waals surface area contributed by atoms with E-state index in [2.05, 4.69) is 17.1 Å². The number of piperidine rings is 1. The topological polar surface area (TPSA) is 109 Å². The van der Waals surface area contributed by atoms with Crippen molar-refractivity contribution in [2.45, 2.75) is 77.6 Å². The summed E-state index contributed by atoms with van der Waals surface area (Å²) in [6.07, 6.45) is 3.36. The van der Waals surface area contributed by atoms with Crippen LogP contribution in [0.3, 0.4) is 0 Å². The van der Waals surface area contributed by atoms with Crippen molar-refractivity contribution >= 4 is 11.8 Å². The van der Waals surface area contributed by atoms with Crippen LogP contribution in [0.5, 0.6) is 11.5 Å². The van der Waals surface area contributed by atoms with Crippen molar-refractivity contribution in [1.29, 1.82) is 0 Å². The van der Waals surface area contributed by atoms with E-state index in [9.17, 15) is 19.9 Å². The zero-order valence-electron chi connectivity index (χ0n) is 22.9. The van der Waals surface area contributed by atoms with Crippen molar-refractivity contribution in [1.82, 2.24) is 15.1 Å². The highest BCUT2D eigenvalue weighted by molar-refractivity contribution is 6.00. The van der Waals surface area contributed by atoms with Crippen LogP contribution in [0.2, 0.25) is 0 Å². The highest BCUT2D eigenvalue weighted by atomic mass is 16.5. The van der Waals surface area contributed by atoms with E-state index in [1.54, 1.807) is 24.0 Å². The van der Waals surface area contributed by atoms with E-state index >= 15 is 0 Å². The van der Waals surface area contributed by atoms with Crippen molar-refractivity contribution < 1.29 is 24.2 Å². The third-order valence-electron chi connectivity index (χ3n) is 7.85. The number of nitrogens with one attached hydrogen (secondary N) is 1. The Labute approximate surface area is 225 Å². The predicted octanol–water partition coefficient (Wildman–Crippen LogP) is 2.90. The van der Waals surface area contributed by atoms with E-state index < -0.39 is 17.7 Å². The maximum Gasteiger partial charge on any atom is 0.248 e. The molecule has 38 heavy (non-hydrogen) atoms. The number of likely N-dealkylation sites (tertiary alicyclic amines) is 1. The van der Waals surface area contributed by atoms with Gasteiger partial charge in [0.25, 0.3) is 0 Å². The molecule has 4 rings (SSSR count). The van der Waals surface area contributed by atoms with Crippen LogP contribution in [0.25, 0.3) is 0 Å². The number of piperazine rings is 1. The lowest BCUT2D eigenvalue weighted by Gasteiger charge is -2.52. The number of rotatable bonds is 9. The normalized spacial score (nSPS) is 20.6. The minimum absolute atomic E-state index is 0.134. The number of carbonyl (C=O) groups excluding carboxylic acids is 2. The van der Waals surface area contributed by atoms with Gasteiger partial charge in [-0.3, -0.25) is 14.5 Å². The van der Waals surface area contributed by atoms with Crippen LogP contribution in [-0.4, -0.2) is 64.0 Å². The lowest BCUT2D eigenvalue weighted by molar-refractivity contribution is -0.612. The quantitative estimate of drug-likeness (QED) is 0.386. The molecule has 0 bridgehead atoms. The summed E-state index contributed by atoms with van der Waals surface area (Å²) < 4.78 is 6.59. The molecule has 206 valence electrons. The number of aliphatic hydroxyl groups excluding tert-OH is 1. The molecule has 2 fully saturated rings. The Morgan fingerprint density at radius 3 is 2.39 bits per heavy atom. The van der Waals surface area contributed by atoms with Crippen LogP contribution in [0, 0.1) is 18.0 Å². The highest BCUT2D eigenvalue weighted by Gasteiger charge is 2.54. The minimum atomic E-state index is -0.910. The fraction of sp³-hybridized carbons (Fsp3) is 0.552. The summed E-state index contributed by atoms with van der Waals surface area (Å²) in [6, 6.07) is 10.4. The molecule has 2 saturated heterocycles. The van der Waals surface area contributed by atoms with Gasteiger partial charge in [-0.1, -0.05) is 39.3 Å². The van der Waals surface area contributed by atoms with Gasteiger partial charge < -0.3 is 25.3 Å². The standard InChI is InChI=1S/C29H40N4O5/c1-5-6-15-32-27(35)25(26(34)20(2)3)30-28(36)29(32)13-16-31(17-14-29)18-22-8-11-23(12-9-22)38-24-10-7-21(4)33(37)19-24/h7-12,19-20,25-26,34H,5-6,13-18H2,1-4H3,(H,30,36). The monoisotopic (exact) mass is 524 g/mol. The molecule has 9 heteroatoms. The van der Waals surface area contributed by atoms with Crippen molar-refractivity contribution in [3.05, 3.63) is 59.1 Å². The molecule has 0 saturated carbocycles. The number of benzene rings is 1. The molecule has 2 aliphatic heterocycles. The average Bonchev–Trinajstić information content (AvgIpc) is 2.90. The zero-order valence-corrected chi connectivity index (χ0v) is 22.9. The number of aliphatic hydroxyl groups is 1. The van der Waals surface area contributed by atoms with Gasteiger partial charge in [-0.15, -0.1) is 0 Å². The number of nitrogens with zero attached hydrogens (tertiary/aromatic N) is 3. The summed E-state index contributed by atoms with van der Waals surface area (Å²) >= 11 is 0. The van der Waals surface area contributed by atoms with Crippen molar-refractivity contribution in [2.24, 2.45) is 5.92 Å². The van der Waals surface area contributed by atoms with E-state index in [1.807, 2.05) is 38.1 Å². The lowest BCUT2D eigenvalue weighted by Crippen LogP contribution is -2.74. The summed E-state index contributed by atoms with van der Waals surface area (Å²) in [5, 5.41) is 25.3. The first-order valence-electron chi connectivity index (χ1n) is 13.6. The molecule has 0 radical (unpaired) electrons. The first-order valence-corrected chi connectivity index (χ1v) is 13.6. The van der Waals surface area contributed by atoms with Crippen LogP contribution in [0.1, 0.15) is 57.7 Å². The molecule has 3 heterocycles. The second-order valence-electron chi connectivity index (χ2n) is 10.9. The molecule has 2 aliphatic rings. The number of aromatic nitrogens is 1. The first-order chi connectivity index (χ1) is 18.1. The molecule has 2 aromatic rings. The fourth-order valence-electron chi connectivity index (χ4n) is 5.33. The van der Waals surface area contributed by atoms with Gasteiger partial charge >= 0.3 is 0 Å². The minimum Gasteiger partial charge on any atom is -0.618 e. The van der Waals surface area contributed by atoms with Crippen LogP contribution >= 0.6 is 0 Å². The molecule has 9 nitrogen and oxygen atoms in total. The van der Waals surface area contributed by atoms with Gasteiger partial charge in [-0.2, -0.15) is 4.73 Å². The highest BCUT2D eigenvalue weighted by Crippen LogP contribution is 2.35. The Balaban J connectivity index is 1.39. The molecule has 2 unspecified atom stereocenters. The van der Waals surface area contributed by atoms with Gasteiger partial charge in [0.05, 0.1) is 6.10 Å². The maximum absolute atomic E-state index is 13.5. The van der Waals surface area contributed by atoms with Crippen molar-refractivity contribution in [2.75, 3.05) is 19.6 Å². The number of unbranched alkanes of at least 4 members (excludes halogenated alkanes) is 1. The van der Waals surface area contributed by atoms with E-state index in [1.165, 1.54) is 6.20 Å². The summed E-state index contributed by atoms with van der Waals surface area (Å²) in [5.41, 5.74) is 0.857. The fourth-order valence-corrected chi connectivity index (χ4v) is 5.33. The lowest BCUT2D eigenvalue weighted by atomic mass is 9.80. The number of pyridine rings is 1. The summed E-state index contributed by atoms with van der Waals surface area (Å²) in [4.78, 5) is 31.0. The summed E-state index contributed by atoms with van der Waals surface area (Å²) in [7, 11) is 0. The van der Waals surface area contributed by atoms with Crippen LogP contribution in [0.15, 0.2) is 42.6 Å². The number of carbonyl (C=O) groups is 2. The van der Waals surface area contributed by atoms with E-state index in [0.29, 0.717) is 49.7 Å². The van der Waals surface area contributed by atoms with E-state index in [4.69, 9.17) is 4.74 Å². The number of ether oxygens (including phenoxy) is 1. The molecule has 1 spiro atoms. The number of amides is 2. The maximum atomic E-state index is 13.5. The molecular formula is C29H40N4O5. The van der Waals surface area contributed by atoms with Crippen LogP contribution < -0.4 is 14.8 Å². The van der Waals surface area contributed by atoms with Crippen molar-refractivity contribution in [3.8, 4) is 11.5 Å². The first kappa shape index (κ1) is 27.9. The Morgan fingerprint density at radius 2 is 1.79 bits per heavy atom. The zero-order chi connectivity index (χ0) is 27.4. The Bertz CT molecular complexity index is 1130. The molecule has 1 aromatic heterocycles. The SMILES string of the molecule is CCCCN1C(=O)C(C(O)C(C)C)NC(=O)C12CCN(Cc1ccc(Oc3ccc(C)[n+]([O-])c3)cc1)CC2.